The summed E-state index contributed by atoms with van der Waals surface area (Å²) in [5, 5.41) is 0. The fourth-order valence-electron chi connectivity index (χ4n) is 0.204. The van der Waals surface area contributed by atoms with Crippen molar-refractivity contribution in [3.05, 3.63) is 0 Å². The van der Waals surface area contributed by atoms with Gasteiger partial charge in [0.15, 0.2) is 0 Å². The molecular formula is C3H9F3O3Te. The molecule has 0 spiro atoms. The van der Waals surface area contributed by atoms with E-state index in [2.05, 4.69) is 9.30 Å². The average Bonchev–Trinajstić information content (AvgIpc) is 1.90. The Morgan fingerprint density at radius 3 is 1.00 bits per heavy atom. The van der Waals surface area contributed by atoms with Gasteiger partial charge in [-0.25, -0.2) is 0 Å². The Balaban J connectivity index is 4.83. The van der Waals surface area contributed by atoms with Gasteiger partial charge in [0.2, 0.25) is 0 Å². The van der Waals surface area contributed by atoms with Crippen LogP contribution in [0, 0.1) is 0 Å². The summed E-state index contributed by atoms with van der Waals surface area (Å²) in [6, 6.07) is 0. The number of hydrogen-bond acceptors (Lipinski definition) is 3. The first-order valence-electron chi connectivity index (χ1n) is 2.19. The predicted molar refractivity (Wildman–Crippen MR) is 30.1 cm³/mol. The molecule has 0 fully saturated rings. The van der Waals surface area contributed by atoms with Crippen molar-refractivity contribution in [1.82, 2.24) is 0 Å². The fraction of sp³-hybridized carbons (Fsp3) is 1.00. The van der Waals surface area contributed by atoms with E-state index in [-0.39, 0.29) is 0 Å². The first-order valence-corrected chi connectivity index (χ1v) is 7.68. The van der Waals surface area contributed by atoms with E-state index in [9.17, 15) is 8.68 Å². The molecule has 0 aliphatic carbocycles. The Labute approximate surface area is 58.2 Å². The van der Waals surface area contributed by atoms with E-state index in [4.69, 9.17) is 0 Å². The summed E-state index contributed by atoms with van der Waals surface area (Å²) in [5.74, 6) is 0. The van der Waals surface area contributed by atoms with Crippen LogP contribution in [-0.4, -0.2) is 39.7 Å². The van der Waals surface area contributed by atoms with Crippen molar-refractivity contribution in [1.29, 1.82) is 0 Å². The standard InChI is InChI=1S/C3H9F3O3Te/c1-7-10(4,5,6,8-2)9-3/h1-3H3. The van der Waals surface area contributed by atoms with Crippen LogP contribution in [0.5, 0.6) is 0 Å². The van der Waals surface area contributed by atoms with Crippen LogP contribution in [0.3, 0.4) is 0 Å². The van der Waals surface area contributed by atoms with Gasteiger partial charge < -0.3 is 0 Å². The van der Waals surface area contributed by atoms with E-state index >= 15 is 0 Å². The molecule has 0 N–H and O–H groups in total. The minimum absolute atomic E-state index is 0.498. The number of hydrogen-bond donors (Lipinski definition) is 0. The third-order valence-corrected chi connectivity index (χ3v) is 6.54. The van der Waals surface area contributed by atoms with Crippen LogP contribution in [0.4, 0.5) is 8.68 Å². The van der Waals surface area contributed by atoms with E-state index < -0.39 is 18.4 Å². The molecule has 7 heteroatoms. The molecule has 0 amide bonds. The fourth-order valence-corrected chi connectivity index (χ4v) is 1.37. The van der Waals surface area contributed by atoms with Crippen molar-refractivity contribution >= 4 is 18.4 Å². The molecule has 0 rings (SSSR count). The molecule has 0 radical (unpaired) electrons. The predicted octanol–water partition coefficient (Wildman–Crippen LogP) is 1.17. The Morgan fingerprint density at radius 1 is 0.800 bits per heavy atom. The molecule has 0 aromatic heterocycles. The SMILES string of the molecule is CO[Te](F)(F)(F)(OC)OC. The minimum atomic E-state index is -8.37. The van der Waals surface area contributed by atoms with Crippen LogP contribution < -0.4 is 0 Å². The second-order valence-electron chi connectivity index (χ2n) is 1.45. The molecule has 0 aromatic carbocycles. The zero-order valence-electron chi connectivity index (χ0n) is 5.77. The van der Waals surface area contributed by atoms with Gasteiger partial charge >= 0.3 is 57.7 Å². The topological polar surface area (TPSA) is 27.7 Å². The summed E-state index contributed by atoms with van der Waals surface area (Å²) in [6.45, 7) is 0. The Bertz CT molecular complexity index is 126. The van der Waals surface area contributed by atoms with E-state index in [0.717, 1.165) is 0 Å². The monoisotopic (exact) mass is 280 g/mol. The van der Waals surface area contributed by atoms with Crippen molar-refractivity contribution < 1.29 is 18.0 Å². The van der Waals surface area contributed by atoms with Crippen molar-refractivity contribution in [3.8, 4) is 0 Å². The number of rotatable bonds is 3. The summed E-state index contributed by atoms with van der Waals surface area (Å²) in [6.07, 6.45) is 0. The molecule has 0 bridgehead atoms. The van der Waals surface area contributed by atoms with Crippen molar-refractivity contribution in [2.75, 3.05) is 21.3 Å². The molecule has 10 heavy (non-hydrogen) atoms. The second kappa shape index (κ2) is 1.99. The van der Waals surface area contributed by atoms with Gasteiger partial charge in [-0.3, -0.25) is 0 Å². The third kappa shape index (κ3) is 1.97. The molecule has 0 aliphatic heterocycles. The van der Waals surface area contributed by atoms with Gasteiger partial charge in [-0.05, 0) is 0 Å². The summed E-state index contributed by atoms with van der Waals surface area (Å²) < 4.78 is 47.7. The van der Waals surface area contributed by atoms with E-state index in [0.29, 0.717) is 21.3 Å². The maximum atomic E-state index is 12.5. The zero-order chi connectivity index (χ0) is 8.53. The summed E-state index contributed by atoms with van der Waals surface area (Å²) in [7, 11) is 1.50. The summed E-state index contributed by atoms with van der Waals surface area (Å²) in [5.41, 5.74) is 0. The Kier molecular flexibility index (Phi) is 2.08. The first kappa shape index (κ1) is 10.5. The molecule has 0 heterocycles. The van der Waals surface area contributed by atoms with Crippen LogP contribution in [-0.2, 0) is 9.30 Å². The van der Waals surface area contributed by atoms with Crippen LogP contribution in [0.2, 0.25) is 0 Å². The average molecular weight is 278 g/mol. The zero-order valence-corrected chi connectivity index (χ0v) is 8.10. The van der Waals surface area contributed by atoms with Gasteiger partial charge in [0, 0.05) is 0 Å². The molecule has 0 saturated heterocycles. The van der Waals surface area contributed by atoms with Crippen LogP contribution in [0.1, 0.15) is 0 Å². The van der Waals surface area contributed by atoms with E-state index in [1.165, 1.54) is 0 Å². The van der Waals surface area contributed by atoms with Crippen LogP contribution in [0.15, 0.2) is 0 Å². The Hall–Kier alpha value is 0.460. The first-order chi connectivity index (χ1) is 4.21. The quantitative estimate of drug-likeness (QED) is 0.725. The van der Waals surface area contributed by atoms with E-state index in [1.807, 2.05) is 0 Å². The van der Waals surface area contributed by atoms with E-state index in [1.54, 1.807) is 0 Å². The molecule has 0 aliphatic rings. The van der Waals surface area contributed by atoms with Gasteiger partial charge in [-0.15, -0.1) is 0 Å². The normalized spacial score (nSPS) is 19.8. The van der Waals surface area contributed by atoms with Crippen LogP contribution in [0.25, 0.3) is 0 Å². The van der Waals surface area contributed by atoms with Gasteiger partial charge in [0.05, 0.1) is 0 Å². The van der Waals surface area contributed by atoms with Gasteiger partial charge in [-0.2, -0.15) is 0 Å². The van der Waals surface area contributed by atoms with Crippen molar-refractivity contribution in [2.45, 2.75) is 0 Å². The Morgan fingerprint density at radius 2 is 1.00 bits per heavy atom. The molecule has 0 atom stereocenters. The molecule has 3 nitrogen and oxygen atoms in total. The molecule has 66 valence electrons. The van der Waals surface area contributed by atoms with Gasteiger partial charge in [0.1, 0.15) is 0 Å². The van der Waals surface area contributed by atoms with Crippen LogP contribution >= 0.6 is 0 Å². The second-order valence-corrected chi connectivity index (χ2v) is 9.70. The molecule has 0 unspecified atom stereocenters. The van der Waals surface area contributed by atoms with Gasteiger partial charge in [-0.1, -0.05) is 0 Å². The molecule has 0 aromatic rings. The molecule has 0 saturated carbocycles. The summed E-state index contributed by atoms with van der Waals surface area (Å²) >= 11 is -8.37. The number of halogens is 3. The maximum absolute atomic E-state index is 12.5. The summed E-state index contributed by atoms with van der Waals surface area (Å²) in [4.78, 5) is 0. The van der Waals surface area contributed by atoms with Crippen molar-refractivity contribution in [3.63, 3.8) is 0 Å². The van der Waals surface area contributed by atoms with Crippen molar-refractivity contribution in [2.24, 2.45) is 0 Å². The van der Waals surface area contributed by atoms with Gasteiger partial charge in [0.25, 0.3) is 0 Å². The third-order valence-electron chi connectivity index (χ3n) is 0.975. The molecular weight excluding hydrogens is 269 g/mol.